The van der Waals surface area contributed by atoms with E-state index in [9.17, 15) is 9.90 Å². The molecule has 17 heavy (non-hydrogen) atoms. The van der Waals surface area contributed by atoms with E-state index in [1.807, 2.05) is 20.0 Å². The molecule has 1 atom stereocenters. The van der Waals surface area contributed by atoms with Gasteiger partial charge in [-0.15, -0.1) is 11.3 Å². The van der Waals surface area contributed by atoms with E-state index < -0.39 is 11.4 Å². The largest absolute Gasteiger partial charge is 0.481 e. The molecule has 1 aromatic rings. The topological polar surface area (TPSA) is 53.4 Å². The second-order valence-corrected chi connectivity index (χ2v) is 6.06. The van der Waals surface area contributed by atoms with Gasteiger partial charge in [0.05, 0.1) is 10.4 Å². The van der Waals surface area contributed by atoms with E-state index in [0.717, 1.165) is 24.5 Å². The van der Waals surface area contributed by atoms with Crippen LogP contribution < -0.4 is 0 Å². The molecular formula is C12H18N2O2S. The van der Waals surface area contributed by atoms with Crippen LogP contribution >= 0.6 is 11.3 Å². The fraction of sp³-hybridized carbons (Fsp3) is 0.667. The monoisotopic (exact) mass is 254 g/mol. The lowest BCUT2D eigenvalue weighted by Crippen LogP contribution is -2.33. The van der Waals surface area contributed by atoms with Crippen LogP contribution in [0.3, 0.4) is 0 Å². The molecule has 4 nitrogen and oxygen atoms in total. The van der Waals surface area contributed by atoms with Gasteiger partial charge < -0.3 is 5.11 Å². The summed E-state index contributed by atoms with van der Waals surface area (Å²) in [7, 11) is 0. The minimum Gasteiger partial charge on any atom is -0.481 e. The number of aromatic nitrogens is 1. The minimum absolute atomic E-state index is 0.528. The van der Waals surface area contributed by atoms with Crippen molar-refractivity contribution in [3.63, 3.8) is 0 Å². The number of carboxylic acids is 1. The summed E-state index contributed by atoms with van der Waals surface area (Å²) in [6, 6.07) is 0. The molecule has 1 aliphatic rings. The van der Waals surface area contributed by atoms with Gasteiger partial charge >= 0.3 is 5.97 Å². The van der Waals surface area contributed by atoms with E-state index in [0.29, 0.717) is 13.0 Å². The molecule has 5 heteroatoms. The fourth-order valence-corrected chi connectivity index (χ4v) is 3.24. The summed E-state index contributed by atoms with van der Waals surface area (Å²) >= 11 is 1.69. The first kappa shape index (κ1) is 12.5. The highest BCUT2D eigenvalue weighted by Crippen LogP contribution is 2.35. The van der Waals surface area contributed by atoms with E-state index in [2.05, 4.69) is 9.88 Å². The van der Waals surface area contributed by atoms with Crippen molar-refractivity contribution in [1.29, 1.82) is 0 Å². The number of carbonyl (C=O) groups is 1. The van der Waals surface area contributed by atoms with Crippen molar-refractivity contribution >= 4 is 17.3 Å². The van der Waals surface area contributed by atoms with Gasteiger partial charge in [0.2, 0.25) is 0 Å². The number of likely N-dealkylation sites (tertiary alicyclic amines) is 1. The molecule has 0 spiro atoms. The number of carboxylic acid groups (broad SMARTS) is 1. The molecule has 0 saturated carbocycles. The fourth-order valence-electron chi connectivity index (χ4n) is 2.41. The number of aliphatic carboxylic acids is 1. The van der Waals surface area contributed by atoms with Crippen LogP contribution in [0.4, 0.5) is 0 Å². The van der Waals surface area contributed by atoms with Gasteiger partial charge in [0.25, 0.3) is 0 Å². The Bertz CT molecular complexity index is 418. The van der Waals surface area contributed by atoms with Gasteiger partial charge in [-0.1, -0.05) is 6.92 Å². The molecule has 2 rings (SSSR count). The molecule has 1 saturated heterocycles. The third-order valence-corrected chi connectivity index (χ3v) is 4.51. The maximum atomic E-state index is 11.3. The summed E-state index contributed by atoms with van der Waals surface area (Å²) in [5, 5.41) is 10.4. The molecule has 1 unspecified atom stereocenters. The standard InChI is InChI=1S/C12H18N2O2S/c1-3-12(11(15)16)4-5-14(8-12)7-10-6-13-9(2)17-10/h6H,3-5,7-8H2,1-2H3,(H,15,16). The molecule has 1 aromatic heterocycles. The third-order valence-electron chi connectivity index (χ3n) is 3.61. The van der Waals surface area contributed by atoms with Gasteiger partial charge in [0.1, 0.15) is 0 Å². The second kappa shape index (κ2) is 4.74. The third kappa shape index (κ3) is 2.50. The normalized spacial score (nSPS) is 25.3. The molecule has 0 amide bonds. The van der Waals surface area contributed by atoms with Crippen LogP contribution in [0.5, 0.6) is 0 Å². The smallest absolute Gasteiger partial charge is 0.310 e. The minimum atomic E-state index is -0.650. The Morgan fingerprint density at radius 1 is 1.71 bits per heavy atom. The average Bonchev–Trinajstić information content (AvgIpc) is 2.87. The number of nitrogens with zero attached hydrogens (tertiary/aromatic N) is 2. The molecule has 0 aromatic carbocycles. The number of thiazole rings is 1. The van der Waals surface area contributed by atoms with Crippen LogP contribution in [0.1, 0.15) is 29.7 Å². The van der Waals surface area contributed by atoms with E-state index in [-0.39, 0.29) is 0 Å². The predicted octanol–water partition coefficient (Wildman–Crippen LogP) is 2.14. The number of hydrogen-bond donors (Lipinski definition) is 1. The Morgan fingerprint density at radius 2 is 2.47 bits per heavy atom. The lowest BCUT2D eigenvalue weighted by Gasteiger charge is -2.22. The number of rotatable bonds is 4. The van der Waals surface area contributed by atoms with Crippen molar-refractivity contribution in [2.75, 3.05) is 13.1 Å². The van der Waals surface area contributed by atoms with Crippen molar-refractivity contribution < 1.29 is 9.90 Å². The lowest BCUT2D eigenvalue weighted by molar-refractivity contribution is -0.148. The van der Waals surface area contributed by atoms with Crippen LogP contribution in [0.15, 0.2) is 6.20 Å². The highest BCUT2D eigenvalue weighted by Gasteiger charge is 2.43. The van der Waals surface area contributed by atoms with Crippen molar-refractivity contribution in [3.8, 4) is 0 Å². The first-order chi connectivity index (χ1) is 8.05. The maximum absolute atomic E-state index is 11.3. The molecule has 2 heterocycles. The Kier molecular flexibility index (Phi) is 3.49. The highest BCUT2D eigenvalue weighted by atomic mass is 32.1. The molecule has 94 valence electrons. The Hall–Kier alpha value is -0.940. The van der Waals surface area contributed by atoms with Crippen LogP contribution in [-0.4, -0.2) is 34.0 Å². The summed E-state index contributed by atoms with van der Waals surface area (Å²) in [6.45, 7) is 6.33. The second-order valence-electron chi connectivity index (χ2n) is 4.75. The predicted molar refractivity (Wildman–Crippen MR) is 67.1 cm³/mol. The average molecular weight is 254 g/mol. The lowest BCUT2D eigenvalue weighted by atomic mass is 9.84. The zero-order valence-corrected chi connectivity index (χ0v) is 11.1. The SMILES string of the molecule is CCC1(C(=O)O)CCN(Cc2cnc(C)s2)C1. The van der Waals surface area contributed by atoms with Crippen LogP contribution in [0.2, 0.25) is 0 Å². The van der Waals surface area contributed by atoms with Crippen LogP contribution in [0.25, 0.3) is 0 Å². The van der Waals surface area contributed by atoms with Gasteiger partial charge in [0, 0.05) is 24.2 Å². The van der Waals surface area contributed by atoms with Gasteiger partial charge in [0.15, 0.2) is 0 Å². The summed E-state index contributed by atoms with van der Waals surface area (Å²) in [5.41, 5.74) is -0.528. The van der Waals surface area contributed by atoms with Crippen molar-refractivity contribution in [2.24, 2.45) is 5.41 Å². The number of aryl methyl sites for hydroxylation is 1. The molecule has 0 radical (unpaired) electrons. The molecule has 0 aliphatic carbocycles. The first-order valence-electron chi connectivity index (χ1n) is 5.93. The Morgan fingerprint density at radius 3 is 2.94 bits per heavy atom. The van der Waals surface area contributed by atoms with Gasteiger partial charge in [-0.3, -0.25) is 9.69 Å². The summed E-state index contributed by atoms with van der Waals surface area (Å²) < 4.78 is 0. The molecule has 1 fully saturated rings. The van der Waals surface area contributed by atoms with Gasteiger partial charge in [-0.05, 0) is 26.3 Å². The van der Waals surface area contributed by atoms with Gasteiger partial charge in [-0.25, -0.2) is 4.98 Å². The number of hydrogen-bond acceptors (Lipinski definition) is 4. The molecular weight excluding hydrogens is 236 g/mol. The van der Waals surface area contributed by atoms with E-state index in [1.165, 1.54) is 4.88 Å². The molecule has 1 N–H and O–H groups in total. The molecule has 0 bridgehead atoms. The van der Waals surface area contributed by atoms with E-state index in [4.69, 9.17) is 0 Å². The van der Waals surface area contributed by atoms with E-state index >= 15 is 0 Å². The van der Waals surface area contributed by atoms with Gasteiger partial charge in [-0.2, -0.15) is 0 Å². The Balaban J connectivity index is 2.00. The summed E-state index contributed by atoms with van der Waals surface area (Å²) in [5.74, 6) is -0.650. The quantitative estimate of drug-likeness (QED) is 0.894. The van der Waals surface area contributed by atoms with Crippen LogP contribution in [0, 0.1) is 12.3 Å². The zero-order chi connectivity index (χ0) is 12.5. The highest BCUT2D eigenvalue weighted by molar-refractivity contribution is 7.11. The van der Waals surface area contributed by atoms with Crippen molar-refractivity contribution in [3.05, 3.63) is 16.1 Å². The van der Waals surface area contributed by atoms with Crippen LogP contribution in [-0.2, 0) is 11.3 Å². The summed E-state index contributed by atoms with van der Waals surface area (Å²) in [4.78, 5) is 19.0. The van der Waals surface area contributed by atoms with E-state index in [1.54, 1.807) is 11.3 Å². The zero-order valence-electron chi connectivity index (χ0n) is 10.3. The first-order valence-corrected chi connectivity index (χ1v) is 6.74. The van der Waals surface area contributed by atoms with Crippen molar-refractivity contribution in [1.82, 2.24) is 9.88 Å². The maximum Gasteiger partial charge on any atom is 0.310 e. The molecule has 1 aliphatic heterocycles. The van der Waals surface area contributed by atoms with Crippen molar-refractivity contribution in [2.45, 2.75) is 33.2 Å². The summed E-state index contributed by atoms with van der Waals surface area (Å²) in [6.07, 6.45) is 3.36. The Labute approximate surface area is 105 Å².